The highest BCUT2D eigenvalue weighted by Gasteiger charge is 2.15. The number of carboxylic acid groups (broad SMARTS) is 1. The molecule has 0 aliphatic rings. The molecule has 1 amide bonds. The number of fused-ring (bicyclic) bond motifs is 1. The quantitative estimate of drug-likeness (QED) is 0.226. The second-order valence-corrected chi connectivity index (χ2v) is 9.64. The van der Waals surface area contributed by atoms with Crippen molar-refractivity contribution < 1.29 is 24.2 Å². The maximum Gasteiger partial charge on any atom is 0.407 e. The number of alkyl carbamates (subject to hydrolysis) is 1. The highest BCUT2D eigenvalue weighted by atomic mass is 16.6. The highest BCUT2D eigenvalue weighted by molar-refractivity contribution is 5.72. The van der Waals surface area contributed by atoms with E-state index in [0.29, 0.717) is 36.0 Å². The predicted octanol–water partition coefficient (Wildman–Crippen LogP) is 3.31. The number of amides is 1. The summed E-state index contributed by atoms with van der Waals surface area (Å²) >= 11 is 0. The van der Waals surface area contributed by atoms with E-state index in [-0.39, 0.29) is 13.0 Å². The van der Waals surface area contributed by atoms with Gasteiger partial charge < -0.3 is 25.2 Å². The van der Waals surface area contributed by atoms with Crippen LogP contribution in [0.4, 0.5) is 16.4 Å². The number of hydrogen-bond donors (Lipinski definition) is 3. The summed E-state index contributed by atoms with van der Waals surface area (Å²) in [5.41, 5.74) is 1.84. The third kappa shape index (κ3) is 8.12. The van der Waals surface area contributed by atoms with Crippen molar-refractivity contribution in [3.8, 4) is 11.4 Å². The molecule has 0 aliphatic heterocycles. The standard InChI is InChI=1S/C25H31N9O5/c1-25(2,3)39-24(37)26-11-4-5-13-38-19-8-6-17(7-9-19)29-23-27-15-20-22(30-23)34(32-31-20)18-14-28-33(16-18)12-10-21(35)36/h6-9,14-16H,4-5,10-13H2,1-3H3,(H,26,37)(H,35,36)(H,27,29,30). The highest BCUT2D eigenvalue weighted by Crippen LogP contribution is 2.20. The zero-order valence-electron chi connectivity index (χ0n) is 22.0. The van der Waals surface area contributed by atoms with Crippen molar-refractivity contribution in [2.75, 3.05) is 18.5 Å². The number of nitrogens with one attached hydrogen (secondary N) is 2. The monoisotopic (exact) mass is 537 g/mol. The number of aliphatic carboxylic acids is 1. The van der Waals surface area contributed by atoms with Crippen LogP contribution in [0.1, 0.15) is 40.0 Å². The molecule has 3 aromatic heterocycles. The van der Waals surface area contributed by atoms with Gasteiger partial charge in [0.25, 0.3) is 0 Å². The largest absolute Gasteiger partial charge is 0.494 e. The number of anilines is 2. The van der Waals surface area contributed by atoms with Crippen LogP contribution < -0.4 is 15.4 Å². The van der Waals surface area contributed by atoms with E-state index in [4.69, 9.17) is 14.6 Å². The fourth-order valence-electron chi connectivity index (χ4n) is 3.44. The lowest BCUT2D eigenvalue weighted by Crippen LogP contribution is -2.33. The molecule has 1 aromatic carbocycles. The molecule has 3 heterocycles. The number of aryl methyl sites for hydroxylation is 1. The first-order valence-corrected chi connectivity index (χ1v) is 12.5. The molecule has 4 aromatic rings. The van der Waals surface area contributed by atoms with Gasteiger partial charge in [-0.3, -0.25) is 9.48 Å². The first-order valence-electron chi connectivity index (χ1n) is 12.5. The van der Waals surface area contributed by atoms with Gasteiger partial charge >= 0.3 is 12.1 Å². The molecule has 39 heavy (non-hydrogen) atoms. The van der Waals surface area contributed by atoms with Crippen molar-refractivity contribution >= 4 is 34.9 Å². The molecule has 4 rings (SSSR count). The van der Waals surface area contributed by atoms with Crippen molar-refractivity contribution in [1.29, 1.82) is 0 Å². The minimum absolute atomic E-state index is 0.0351. The summed E-state index contributed by atoms with van der Waals surface area (Å²) in [6.07, 6.45) is 5.92. The number of carbonyl (C=O) groups is 2. The van der Waals surface area contributed by atoms with Gasteiger partial charge in [-0.05, 0) is 57.9 Å². The van der Waals surface area contributed by atoms with E-state index in [2.05, 4.69) is 36.0 Å². The number of nitrogens with zero attached hydrogens (tertiary/aromatic N) is 7. The zero-order valence-corrected chi connectivity index (χ0v) is 22.0. The molecular formula is C25H31N9O5. The summed E-state index contributed by atoms with van der Waals surface area (Å²) in [6, 6.07) is 7.40. The van der Waals surface area contributed by atoms with E-state index in [1.54, 1.807) is 18.6 Å². The molecule has 0 fully saturated rings. The Bertz CT molecular complexity index is 1410. The van der Waals surface area contributed by atoms with Crippen LogP contribution in [0.15, 0.2) is 42.9 Å². The lowest BCUT2D eigenvalue weighted by Gasteiger charge is -2.19. The first-order chi connectivity index (χ1) is 18.7. The maximum atomic E-state index is 11.6. The number of carbonyl (C=O) groups excluding carboxylic acids is 1. The lowest BCUT2D eigenvalue weighted by atomic mass is 10.2. The zero-order chi connectivity index (χ0) is 27.8. The normalized spacial score (nSPS) is 11.4. The van der Waals surface area contributed by atoms with Gasteiger partial charge in [0.2, 0.25) is 5.95 Å². The van der Waals surface area contributed by atoms with Gasteiger partial charge in [0, 0.05) is 12.2 Å². The number of unbranched alkanes of at least 4 members (excludes halogenated alkanes) is 1. The number of rotatable bonds is 12. The van der Waals surface area contributed by atoms with E-state index < -0.39 is 17.7 Å². The van der Waals surface area contributed by atoms with E-state index in [1.807, 2.05) is 45.0 Å². The molecule has 0 bridgehead atoms. The SMILES string of the molecule is CC(C)(C)OC(=O)NCCCCOc1ccc(Nc2ncc3nnn(-c4cnn(CCC(=O)O)c4)c3n2)cc1. The summed E-state index contributed by atoms with van der Waals surface area (Å²) in [7, 11) is 0. The molecule has 0 unspecified atom stereocenters. The Morgan fingerprint density at radius 3 is 2.64 bits per heavy atom. The van der Waals surface area contributed by atoms with Gasteiger partial charge in [0.1, 0.15) is 17.0 Å². The second-order valence-electron chi connectivity index (χ2n) is 9.64. The second kappa shape index (κ2) is 12.2. The van der Waals surface area contributed by atoms with E-state index in [1.165, 1.54) is 9.36 Å². The average Bonchev–Trinajstić information content (AvgIpc) is 3.51. The molecule has 14 heteroatoms. The van der Waals surface area contributed by atoms with Gasteiger partial charge in [0.05, 0.1) is 38.2 Å². The van der Waals surface area contributed by atoms with Gasteiger partial charge in [-0.1, -0.05) is 5.21 Å². The van der Waals surface area contributed by atoms with Crippen LogP contribution in [0, 0.1) is 0 Å². The molecule has 0 spiro atoms. The Morgan fingerprint density at radius 1 is 1.10 bits per heavy atom. The molecule has 0 saturated heterocycles. The first kappa shape index (κ1) is 27.3. The molecule has 0 radical (unpaired) electrons. The number of benzene rings is 1. The third-order valence-electron chi connectivity index (χ3n) is 5.23. The van der Waals surface area contributed by atoms with Crippen molar-refractivity contribution in [2.45, 2.75) is 52.2 Å². The summed E-state index contributed by atoms with van der Waals surface area (Å²) in [5.74, 6) is 0.181. The van der Waals surface area contributed by atoms with Crippen LogP contribution in [0.25, 0.3) is 16.9 Å². The van der Waals surface area contributed by atoms with Crippen LogP contribution in [0.5, 0.6) is 5.75 Å². The fraction of sp³-hybridized carbons (Fsp3) is 0.400. The lowest BCUT2D eigenvalue weighted by molar-refractivity contribution is -0.137. The molecule has 3 N–H and O–H groups in total. The van der Waals surface area contributed by atoms with Crippen molar-refractivity contribution in [3.63, 3.8) is 0 Å². The van der Waals surface area contributed by atoms with Gasteiger partial charge in [-0.25, -0.2) is 9.78 Å². The third-order valence-corrected chi connectivity index (χ3v) is 5.23. The Hall–Kier alpha value is -4.75. The summed E-state index contributed by atoms with van der Waals surface area (Å²) in [4.78, 5) is 31.3. The molecule has 206 valence electrons. The Morgan fingerprint density at radius 2 is 1.90 bits per heavy atom. The van der Waals surface area contributed by atoms with Gasteiger partial charge in [-0.15, -0.1) is 5.10 Å². The summed E-state index contributed by atoms with van der Waals surface area (Å²) < 4.78 is 14.0. The van der Waals surface area contributed by atoms with E-state index >= 15 is 0 Å². The van der Waals surface area contributed by atoms with E-state index in [0.717, 1.165) is 24.3 Å². The summed E-state index contributed by atoms with van der Waals surface area (Å²) in [5, 5.41) is 27.1. The maximum absolute atomic E-state index is 11.6. The van der Waals surface area contributed by atoms with Gasteiger partial charge in [0.15, 0.2) is 11.2 Å². The molecule has 0 atom stereocenters. The molecule has 0 aliphatic carbocycles. The molecule has 0 saturated carbocycles. The smallest absolute Gasteiger partial charge is 0.407 e. The van der Waals surface area contributed by atoms with Gasteiger partial charge in [-0.2, -0.15) is 14.8 Å². The Balaban J connectivity index is 1.27. The number of ether oxygens (including phenoxy) is 2. The number of aromatic nitrogens is 7. The van der Waals surface area contributed by atoms with Crippen LogP contribution in [0.3, 0.4) is 0 Å². The number of carboxylic acids is 1. The Labute approximate surface area is 224 Å². The predicted molar refractivity (Wildman–Crippen MR) is 141 cm³/mol. The topological polar surface area (TPSA) is 171 Å². The van der Waals surface area contributed by atoms with Crippen LogP contribution in [-0.2, 0) is 16.1 Å². The fourth-order valence-corrected chi connectivity index (χ4v) is 3.44. The van der Waals surface area contributed by atoms with Crippen molar-refractivity contribution in [1.82, 2.24) is 40.1 Å². The molecule has 14 nitrogen and oxygen atoms in total. The van der Waals surface area contributed by atoms with Crippen LogP contribution in [-0.4, -0.2) is 70.7 Å². The minimum atomic E-state index is -0.897. The number of hydrogen-bond acceptors (Lipinski definition) is 10. The minimum Gasteiger partial charge on any atom is -0.494 e. The average molecular weight is 538 g/mol. The Kier molecular flexibility index (Phi) is 8.53. The van der Waals surface area contributed by atoms with Crippen molar-refractivity contribution in [3.05, 3.63) is 42.9 Å². The van der Waals surface area contributed by atoms with E-state index in [9.17, 15) is 9.59 Å². The summed E-state index contributed by atoms with van der Waals surface area (Å²) in [6.45, 7) is 6.76. The molecular weight excluding hydrogens is 506 g/mol. The van der Waals surface area contributed by atoms with Crippen molar-refractivity contribution in [2.24, 2.45) is 0 Å². The van der Waals surface area contributed by atoms with Crippen LogP contribution >= 0.6 is 0 Å². The van der Waals surface area contributed by atoms with Crippen LogP contribution in [0.2, 0.25) is 0 Å².